The second-order valence-corrected chi connectivity index (χ2v) is 8.26. The highest BCUT2D eigenvalue weighted by Crippen LogP contribution is 2.37. The van der Waals surface area contributed by atoms with Gasteiger partial charge in [-0.1, -0.05) is 17.7 Å². The van der Waals surface area contributed by atoms with E-state index in [0.29, 0.717) is 31.4 Å². The summed E-state index contributed by atoms with van der Waals surface area (Å²) >= 11 is 5.96. The first kappa shape index (κ1) is 20.1. The van der Waals surface area contributed by atoms with Gasteiger partial charge in [0.2, 0.25) is 11.9 Å². The van der Waals surface area contributed by atoms with E-state index in [2.05, 4.69) is 30.6 Å². The van der Waals surface area contributed by atoms with Gasteiger partial charge < -0.3 is 10.6 Å². The lowest BCUT2D eigenvalue weighted by Gasteiger charge is -2.24. The molecule has 2 heterocycles. The van der Waals surface area contributed by atoms with E-state index in [9.17, 15) is 13.2 Å². The van der Waals surface area contributed by atoms with Crippen molar-refractivity contribution in [2.45, 2.75) is 69.1 Å². The molecule has 10 heteroatoms. The summed E-state index contributed by atoms with van der Waals surface area (Å²) in [6.45, 7) is 1.54. The predicted octanol–water partition coefficient (Wildman–Crippen LogP) is 4.88. The molecule has 0 saturated heterocycles. The standard InChI is InChI=1S/C19H22ClF3N6/c1-18(21)9-3-6-12(18)25-16-27-15(11-5-2-8-14(20)24-11)28-17(29-16)26-13-7-4-10-19(13,22)23/h2,5,8,12-13H,3-4,6-7,9-10H2,1H3,(H2,25,26,27,28,29). The minimum Gasteiger partial charge on any atom is -0.348 e. The van der Waals surface area contributed by atoms with Gasteiger partial charge in [0.15, 0.2) is 5.82 Å². The molecule has 3 atom stereocenters. The zero-order valence-electron chi connectivity index (χ0n) is 15.9. The molecule has 2 N–H and O–H groups in total. The number of alkyl halides is 3. The van der Waals surface area contributed by atoms with Crippen LogP contribution in [0.25, 0.3) is 11.5 Å². The van der Waals surface area contributed by atoms with Crippen molar-refractivity contribution in [2.24, 2.45) is 0 Å². The molecule has 2 aromatic heterocycles. The molecule has 4 rings (SSSR count). The van der Waals surface area contributed by atoms with Gasteiger partial charge in [-0.15, -0.1) is 0 Å². The van der Waals surface area contributed by atoms with E-state index in [0.717, 1.165) is 6.42 Å². The van der Waals surface area contributed by atoms with Gasteiger partial charge in [0.05, 0.1) is 12.1 Å². The van der Waals surface area contributed by atoms with E-state index in [-0.39, 0.29) is 29.3 Å². The fourth-order valence-electron chi connectivity index (χ4n) is 3.92. The minimum absolute atomic E-state index is 0.00408. The first-order valence-corrected chi connectivity index (χ1v) is 10.1. The molecule has 2 saturated carbocycles. The number of halogens is 4. The summed E-state index contributed by atoms with van der Waals surface area (Å²) in [4.78, 5) is 17.0. The van der Waals surface area contributed by atoms with Crippen LogP contribution < -0.4 is 10.6 Å². The second kappa shape index (κ2) is 7.59. The Morgan fingerprint density at radius 2 is 1.59 bits per heavy atom. The van der Waals surface area contributed by atoms with Crippen LogP contribution in [0.3, 0.4) is 0 Å². The van der Waals surface area contributed by atoms with Crippen LogP contribution in [0, 0.1) is 0 Å². The molecule has 0 aliphatic heterocycles. The van der Waals surface area contributed by atoms with Gasteiger partial charge >= 0.3 is 0 Å². The fourth-order valence-corrected chi connectivity index (χ4v) is 4.08. The lowest BCUT2D eigenvalue weighted by atomic mass is 10.0. The summed E-state index contributed by atoms with van der Waals surface area (Å²) in [7, 11) is 0. The van der Waals surface area contributed by atoms with E-state index in [1.807, 2.05) is 0 Å². The second-order valence-electron chi connectivity index (χ2n) is 7.87. The molecule has 6 nitrogen and oxygen atoms in total. The molecule has 2 aliphatic rings. The third-order valence-electron chi connectivity index (χ3n) is 5.58. The van der Waals surface area contributed by atoms with Crippen LogP contribution in [0.5, 0.6) is 0 Å². The van der Waals surface area contributed by atoms with Crippen LogP contribution in [0.15, 0.2) is 18.2 Å². The van der Waals surface area contributed by atoms with Crippen molar-refractivity contribution < 1.29 is 13.2 Å². The fraction of sp³-hybridized carbons (Fsp3) is 0.579. The number of hydrogen-bond acceptors (Lipinski definition) is 6. The third-order valence-corrected chi connectivity index (χ3v) is 5.79. The van der Waals surface area contributed by atoms with Crippen molar-refractivity contribution in [2.75, 3.05) is 10.6 Å². The zero-order chi connectivity index (χ0) is 20.6. The van der Waals surface area contributed by atoms with Gasteiger partial charge in [0.1, 0.15) is 16.5 Å². The average molecular weight is 427 g/mol. The molecule has 0 bridgehead atoms. The van der Waals surface area contributed by atoms with Gasteiger partial charge in [-0.25, -0.2) is 18.2 Å². The van der Waals surface area contributed by atoms with E-state index in [4.69, 9.17) is 11.6 Å². The third kappa shape index (κ3) is 4.39. The summed E-state index contributed by atoms with van der Waals surface area (Å²) in [5.41, 5.74) is -1.02. The molecule has 2 aromatic rings. The number of pyridine rings is 1. The average Bonchev–Trinajstić information content (AvgIpc) is 3.16. The van der Waals surface area contributed by atoms with Crippen LogP contribution in [-0.4, -0.2) is 43.6 Å². The molecule has 3 unspecified atom stereocenters. The van der Waals surface area contributed by atoms with Crippen molar-refractivity contribution >= 4 is 23.5 Å². The van der Waals surface area contributed by atoms with Crippen LogP contribution in [0.2, 0.25) is 5.15 Å². The summed E-state index contributed by atoms with van der Waals surface area (Å²) in [6, 6.07) is 3.43. The lowest BCUT2D eigenvalue weighted by molar-refractivity contribution is -0.000799. The first-order valence-electron chi connectivity index (χ1n) is 9.72. The molecule has 0 aromatic carbocycles. The van der Waals surface area contributed by atoms with Gasteiger partial charge in [0, 0.05) is 6.42 Å². The normalized spacial score (nSPS) is 28.4. The Morgan fingerprint density at radius 1 is 0.931 bits per heavy atom. The molecule has 29 heavy (non-hydrogen) atoms. The Hall–Kier alpha value is -2.16. The summed E-state index contributed by atoms with van der Waals surface area (Å²) < 4.78 is 42.8. The lowest BCUT2D eigenvalue weighted by Crippen LogP contribution is -2.37. The van der Waals surface area contributed by atoms with Crippen molar-refractivity contribution in [3.05, 3.63) is 23.4 Å². The van der Waals surface area contributed by atoms with Crippen LogP contribution in [-0.2, 0) is 0 Å². The molecule has 0 amide bonds. The van der Waals surface area contributed by atoms with Crippen LogP contribution in [0.1, 0.15) is 45.4 Å². The zero-order valence-corrected chi connectivity index (χ0v) is 16.7. The molecule has 156 valence electrons. The number of anilines is 2. The van der Waals surface area contributed by atoms with Gasteiger partial charge in [-0.05, 0) is 51.2 Å². The summed E-state index contributed by atoms with van der Waals surface area (Å²) in [5, 5.41) is 6.00. The number of aromatic nitrogens is 4. The summed E-state index contributed by atoms with van der Waals surface area (Å²) in [6.07, 6.45) is 2.39. The molecular formula is C19H22ClF3N6. The van der Waals surface area contributed by atoms with E-state index in [1.54, 1.807) is 18.2 Å². The van der Waals surface area contributed by atoms with Crippen molar-refractivity contribution in [1.29, 1.82) is 0 Å². The minimum atomic E-state index is -2.84. The number of nitrogens with zero attached hydrogens (tertiary/aromatic N) is 4. The maximum absolute atomic E-state index is 14.7. The Labute approximate surface area is 171 Å². The van der Waals surface area contributed by atoms with Crippen molar-refractivity contribution in [3.8, 4) is 11.5 Å². The maximum Gasteiger partial charge on any atom is 0.267 e. The van der Waals surface area contributed by atoms with E-state index in [1.165, 1.54) is 6.92 Å². The van der Waals surface area contributed by atoms with Crippen molar-refractivity contribution in [3.63, 3.8) is 0 Å². The number of nitrogens with one attached hydrogen (secondary N) is 2. The number of hydrogen-bond donors (Lipinski definition) is 2. The van der Waals surface area contributed by atoms with Gasteiger partial charge in [-0.2, -0.15) is 15.0 Å². The quantitative estimate of drug-likeness (QED) is 0.664. The molecular weight excluding hydrogens is 405 g/mol. The topological polar surface area (TPSA) is 75.6 Å². The highest BCUT2D eigenvalue weighted by molar-refractivity contribution is 6.29. The Kier molecular flexibility index (Phi) is 5.27. The Bertz CT molecular complexity index is 848. The van der Waals surface area contributed by atoms with Crippen molar-refractivity contribution in [1.82, 2.24) is 19.9 Å². The molecule has 0 radical (unpaired) electrons. The monoisotopic (exact) mass is 426 g/mol. The smallest absolute Gasteiger partial charge is 0.267 e. The first-order chi connectivity index (χ1) is 13.7. The summed E-state index contributed by atoms with van der Waals surface area (Å²) in [5.74, 6) is -2.54. The van der Waals surface area contributed by atoms with E-state index >= 15 is 0 Å². The predicted molar refractivity (Wildman–Crippen MR) is 105 cm³/mol. The van der Waals surface area contributed by atoms with E-state index < -0.39 is 23.7 Å². The molecule has 2 aliphatic carbocycles. The maximum atomic E-state index is 14.7. The molecule has 2 fully saturated rings. The highest BCUT2D eigenvalue weighted by Gasteiger charge is 2.44. The van der Waals surface area contributed by atoms with Gasteiger partial charge in [0.25, 0.3) is 5.92 Å². The highest BCUT2D eigenvalue weighted by atomic mass is 35.5. The number of rotatable bonds is 5. The largest absolute Gasteiger partial charge is 0.348 e. The van der Waals surface area contributed by atoms with Gasteiger partial charge in [-0.3, -0.25) is 0 Å². The Morgan fingerprint density at radius 3 is 2.17 bits per heavy atom. The Balaban J connectivity index is 1.67. The van der Waals surface area contributed by atoms with Crippen LogP contribution >= 0.6 is 11.6 Å². The SMILES string of the molecule is CC1(F)CCCC1Nc1nc(NC2CCCC2(F)F)nc(-c2cccc(Cl)n2)n1. The molecule has 0 spiro atoms. The van der Waals surface area contributed by atoms with Crippen LogP contribution in [0.4, 0.5) is 25.1 Å².